The van der Waals surface area contributed by atoms with Gasteiger partial charge in [-0.2, -0.15) is 10.5 Å². The van der Waals surface area contributed by atoms with E-state index in [0.29, 0.717) is 7.14 Å². The first-order valence-corrected chi connectivity index (χ1v) is 9.78. The number of halogens is 2. The van der Waals surface area contributed by atoms with Gasteiger partial charge in [0, 0.05) is 15.1 Å². The topological polar surface area (TPSA) is 120 Å². The van der Waals surface area contributed by atoms with Gasteiger partial charge in [-0.3, -0.25) is 9.59 Å². The fourth-order valence-corrected chi connectivity index (χ4v) is 4.30. The van der Waals surface area contributed by atoms with E-state index in [9.17, 15) is 25.2 Å². The molecule has 26 heavy (non-hydrogen) atoms. The maximum absolute atomic E-state index is 12.3. The molecule has 0 heterocycles. The number of ether oxygens (including phenoxy) is 2. The van der Waals surface area contributed by atoms with Crippen molar-refractivity contribution in [3.8, 4) is 17.9 Å². The van der Waals surface area contributed by atoms with Crippen molar-refractivity contribution >= 4 is 57.1 Å². The minimum absolute atomic E-state index is 0.0379. The Balaban J connectivity index is 3.62. The molecular weight excluding hydrogens is 566 g/mol. The molecule has 0 saturated carbocycles. The van der Waals surface area contributed by atoms with Gasteiger partial charge in [-0.25, -0.2) is 0 Å². The van der Waals surface area contributed by atoms with Crippen molar-refractivity contribution < 1.29 is 24.2 Å². The molecule has 1 aromatic carbocycles. The molecule has 1 N–H and O–H groups in total. The number of nitriles is 2. The van der Waals surface area contributed by atoms with Crippen molar-refractivity contribution in [1.29, 1.82) is 10.5 Å². The fourth-order valence-electron chi connectivity index (χ4n) is 2.41. The van der Waals surface area contributed by atoms with Gasteiger partial charge in [0.2, 0.25) is 0 Å². The minimum atomic E-state index is -1.45. The smallest absolute Gasteiger partial charge is 0.324 e. The summed E-state index contributed by atoms with van der Waals surface area (Å²) in [5.41, 5.74) is 0.153. The number of phenolic OH excluding ortho intramolecular Hbond substituents is 1. The molecule has 1 rings (SSSR count). The Hall–Kier alpha value is -1.60. The third-order valence-electron chi connectivity index (χ3n) is 3.49. The maximum Gasteiger partial charge on any atom is 0.324 e. The van der Waals surface area contributed by atoms with Gasteiger partial charge in [-0.15, -0.1) is 0 Å². The van der Waals surface area contributed by atoms with E-state index < -0.39 is 29.7 Å². The lowest BCUT2D eigenvalue weighted by Gasteiger charge is -2.25. The summed E-state index contributed by atoms with van der Waals surface area (Å²) in [5.74, 6) is -6.06. The first kappa shape index (κ1) is 22.4. The minimum Gasteiger partial charge on any atom is -0.507 e. The number of hydrogen-bond acceptors (Lipinski definition) is 7. The standard InChI is InChI=1S/C17H16I2N2O5/c1-3-25-16(23)11(7-20)14(12(8-21)17(24)26-4-2)10-5-9(18)6-13(19)15(10)22/h5-6,11-12,14,22H,3-4H2,1-2H3/t11-,12+,14?. The molecule has 9 heteroatoms. The van der Waals surface area contributed by atoms with E-state index in [4.69, 9.17) is 9.47 Å². The van der Waals surface area contributed by atoms with Crippen LogP contribution in [0.2, 0.25) is 0 Å². The Bertz CT molecular complexity index is 734. The molecule has 0 radical (unpaired) electrons. The number of carbonyl (C=O) groups excluding carboxylic acids is 2. The SMILES string of the molecule is CCOC(=O)[C@@H](C#N)C(c1cc(I)cc(I)c1O)[C@@H](C#N)C(=O)OCC. The summed E-state index contributed by atoms with van der Waals surface area (Å²) in [7, 11) is 0. The summed E-state index contributed by atoms with van der Waals surface area (Å²) in [4.78, 5) is 24.6. The molecule has 0 aliphatic carbocycles. The van der Waals surface area contributed by atoms with Crippen molar-refractivity contribution in [2.45, 2.75) is 19.8 Å². The van der Waals surface area contributed by atoms with Crippen LogP contribution in [0.25, 0.3) is 0 Å². The third-order valence-corrected chi connectivity index (χ3v) is 4.94. The molecule has 0 aromatic heterocycles. The summed E-state index contributed by atoms with van der Waals surface area (Å²) in [5, 5.41) is 29.6. The normalized spacial score (nSPS) is 13.6. The molecule has 0 saturated heterocycles. The third kappa shape index (κ3) is 5.20. The second kappa shape index (κ2) is 10.5. The fraction of sp³-hybridized carbons (Fsp3) is 0.412. The summed E-state index contributed by atoms with van der Waals surface area (Å²) < 4.78 is 11.0. The van der Waals surface area contributed by atoms with Crippen LogP contribution in [-0.4, -0.2) is 30.3 Å². The zero-order valence-electron chi connectivity index (χ0n) is 14.0. The zero-order chi connectivity index (χ0) is 19.9. The van der Waals surface area contributed by atoms with Gasteiger partial charge in [0.05, 0.1) is 28.9 Å². The number of carbonyl (C=O) groups is 2. The maximum atomic E-state index is 12.3. The van der Waals surface area contributed by atoms with E-state index in [2.05, 4.69) is 0 Å². The number of aromatic hydroxyl groups is 1. The Morgan fingerprint density at radius 1 is 1.08 bits per heavy atom. The lowest BCUT2D eigenvalue weighted by Crippen LogP contribution is -2.33. The zero-order valence-corrected chi connectivity index (χ0v) is 18.3. The highest BCUT2D eigenvalue weighted by molar-refractivity contribution is 14.1. The van der Waals surface area contributed by atoms with E-state index in [1.54, 1.807) is 19.9 Å². The first-order chi connectivity index (χ1) is 12.3. The van der Waals surface area contributed by atoms with Crippen LogP contribution in [0.1, 0.15) is 25.3 Å². The van der Waals surface area contributed by atoms with Gasteiger partial charge in [-0.1, -0.05) is 0 Å². The highest BCUT2D eigenvalue weighted by Gasteiger charge is 2.43. The summed E-state index contributed by atoms with van der Waals surface area (Å²) in [6, 6.07) is 6.85. The predicted molar refractivity (Wildman–Crippen MR) is 108 cm³/mol. The molecule has 138 valence electrons. The monoisotopic (exact) mass is 582 g/mol. The average Bonchev–Trinajstić information content (AvgIpc) is 2.58. The van der Waals surface area contributed by atoms with Crippen LogP contribution in [0.3, 0.4) is 0 Å². The van der Waals surface area contributed by atoms with Crippen molar-refractivity contribution in [3.05, 3.63) is 24.8 Å². The quantitative estimate of drug-likeness (QED) is 0.388. The van der Waals surface area contributed by atoms with Crippen LogP contribution in [0.5, 0.6) is 5.75 Å². The molecule has 0 bridgehead atoms. The summed E-state index contributed by atoms with van der Waals surface area (Å²) in [6.45, 7) is 3.24. The van der Waals surface area contributed by atoms with Gasteiger partial charge in [0.1, 0.15) is 5.75 Å². The number of esters is 2. The molecule has 3 atom stereocenters. The van der Waals surface area contributed by atoms with Crippen LogP contribution < -0.4 is 0 Å². The Morgan fingerprint density at radius 2 is 1.54 bits per heavy atom. The number of rotatable bonds is 7. The average molecular weight is 582 g/mol. The highest BCUT2D eigenvalue weighted by Crippen LogP contribution is 2.41. The molecular formula is C17H16I2N2O5. The van der Waals surface area contributed by atoms with Gasteiger partial charge in [-0.05, 0) is 71.2 Å². The number of phenols is 1. The molecule has 0 amide bonds. The van der Waals surface area contributed by atoms with Crippen LogP contribution in [0, 0.1) is 41.6 Å². The molecule has 0 aliphatic heterocycles. The Labute approximate surface area is 178 Å². The second-order valence-electron chi connectivity index (χ2n) is 5.07. The lowest BCUT2D eigenvalue weighted by molar-refractivity contribution is -0.150. The van der Waals surface area contributed by atoms with Crippen molar-refractivity contribution in [2.75, 3.05) is 13.2 Å². The molecule has 1 aromatic rings. The lowest BCUT2D eigenvalue weighted by atomic mass is 9.77. The number of benzene rings is 1. The van der Waals surface area contributed by atoms with Crippen molar-refractivity contribution in [2.24, 2.45) is 11.8 Å². The first-order valence-electron chi connectivity index (χ1n) is 7.62. The van der Waals surface area contributed by atoms with E-state index in [-0.39, 0.29) is 24.5 Å². The van der Waals surface area contributed by atoms with E-state index in [1.165, 1.54) is 6.07 Å². The van der Waals surface area contributed by atoms with E-state index in [1.807, 2.05) is 57.3 Å². The van der Waals surface area contributed by atoms with E-state index >= 15 is 0 Å². The van der Waals surface area contributed by atoms with Gasteiger partial charge >= 0.3 is 11.9 Å². The molecule has 0 aliphatic rings. The number of nitrogens with zero attached hydrogens (tertiary/aromatic N) is 2. The van der Waals surface area contributed by atoms with Gasteiger partial charge in [0.15, 0.2) is 11.8 Å². The van der Waals surface area contributed by atoms with Gasteiger partial charge in [0.25, 0.3) is 0 Å². The van der Waals surface area contributed by atoms with E-state index in [0.717, 1.165) is 0 Å². The molecule has 1 unspecified atom stereocenters. The van der Waals surface area contributed by atoms with Crippen molar-refractivity contribution in [1.82, 2.24) is 0 Å². The predicted octanol–water partition coefficient (Wildman–Crippen LogP) is 3.09. The van der Waals surface area contributed by atoms with Crippen molar-refractivity contribution in [3.63, 3.8) is 0 Å². The molecule has 0 spiro atoms. The second-order valence-corrected chi connectivity index (χ2v) is 7.48. The largest absolute Gasteiger partial charge is 0.507 e. The number of hydrogen-bond donors (Lipinski definition) is 1. The molecule has 7 nitrogen and oxygen atoms in total. The summed E-state index contributed by atoms with van der Waals surface area (Å²) >= 11 is 3.90. The Morgan fingerprint density at radius 3 is 1.92 bits per heavy atom. The van der Waals surface area contributed by atoms with Crippen LogP contribution in [0.4, 0.5) is 0 Å². The van der Waals surface area contributed by atoms with Crippen LogP contribution in [0.15, 0.2) is 12.1 Å². The van der Waals surface area contributed by atoms with Crippen LogP contribution in [-0.2, 0) is 19.1 Å². The van der Waals surface area contributed by atoms with Gasteiger partial charge < -0.3 is 14.6 Å². The Kier molecular flexibility index (Phi) is 9.08. The highest BCUT2D eigenvalue weighted by atomic mass is 127. The molecule has 0 fully saturated rings. The summed E-state index contributed by atoms with van der Waals surface area (Å²) in [6.07, 6.45) is 0. The van der Waals surface area contributed by atoms with Crippen LogP contribution >= 0.6 is 45.2 Å².